The lowest BCUT2D eigenvalue weighted by Gasteiger charge is -2.10. The molecule has 0 radical (unpaired) electrons. The lowest BCUT2D eigenvalue weighted by Crippen LogP contribution is -2.32. The molecule has 0 atom stereocenters. The lowest BCUT2D eigenvalue weighted by atomic mass is 10.1. The molecule has 152 valence electrons. The van der Waals surface area contributed by atoms with E-state index in [1.54, 1.807) is 13.8 Å². The van der Waals surface area contributed by atoms with Gasteiger partial charge in [-0.1, -0.05) is 6.07 Å². The van der Waals surface area contributed by atoms with Gasteiger partial charge >= 0.3 is 5.97 Å². The van der Waals surface area contributed by atoms with E-state index < -0.39 is 41.7 Å². The zero-order chi connectivity index (χ0) is 21.6. The van der Waals surface area contributed by atoms with Gasteiger partial charge < -0.3 is 15.4 Å². The van der Waals surface area contributed by atoms with Gasteiger partial charge in [-0.25, -0.2) is 4.39 Å². The van der Waals surface area contributed by atoms with E-state index in [1.807, 2.05) is 0 Å². The number of nitro benzene ring substituents is 1. The predicted molar refractivity (Wildman–Crippen MR) is 101 cm³/mol. The van der Waals surface area contributed by atoms with Crippen LogP contribution in [0.2, 0.25) is 0 Å². The Hall–Kier alpha value is -3.82. The molecule has 0 saturated carbocycles. The van der Waals surface area contributed by atoms with Crippen LogP contribution in [-0.4, -0.2) is 35.9 Å². The summed E-state index contributed by atoms with van der Waals surface area (Å²) < 4.78 is 17.8. The number of amides is 2. The van der Waals surface area contributed by atoms with E-state index in [1.165, 1.54) is 30.3 Å². The number of nitrogens with zero attached hydrogens (tertiary/aromatic N) is 1. The standard InChI is InChI=1S/C19H18FN3O6/c1-11-6-15(16(23(27)28)7-12(11)2)22-17(24)10-29-18(25)9-21-19(26)13-4-3-5-14(20)8-13/h3-8H,9-10H2,1-2H3,(H,21,26)(H,22,24). The van der Waals surface area contributed by atoms with Crippen molar-refractivity contribution in [3.63, 3.8) is 0 Å². The van der Waals surface area contributed by atoms with Gasteiger partial charge in [-0.2, -0.15) is 0 Å². The number of carbonyl (C=O) groups is 3. The van der Waals surface area contributed by atoms with Gasteiger partial charge in [0, 0.05) is 11.6 Å². The minimum Gasteiger partial charge on any atom is -0.454 e. The molecular formula is C19H18FN3O6. The number of rotatable bonds is 7. The van der Waals surface area contributed by atoms with Crippen LogP contribution in [0.1, 0.15) is 21.5 Å². The number of hydrogen-bond donors (Lipinski definition) is 2. The van der Waals surface area contributed by atoms with Gasteiger partial charge in [0.15, 0.2) is 6.61 Å². The average Bonchev–Trinajstić information content (AvgIpc) is 2.66. The summed E-state index contributed by atoms with van der Waals surface area (Å²) in [5.41, 5.74) is 1.16. The maximum absolute atomic E-state index is 13.1. The molecule has 0 heterocycles. The quantitative estimate of drug-likeness (QED) is 0.415. The average molecular weight is 403 g/mol. The van der Waals surface area contributed by atoms with Gasteiger partial charge in [0.2, 0.25) is 0 Å². The number of anilines is 1. The second-order valence-electron chi connectivity index (χ2n) is 6.11. The molecule has 0 spiro atoms. The number of benzene rings is 2. The minimum atomic E-state index is -0.903. The zero-order valence-electron chi connectivity index (χ0n) is 15.7. The third kappa shape index (κ3) is 6.09. The van der Waals surface area contributed by atoms with Crippen LogP contribution in [0, 0.1) is 29.8 Å². The van der Waals surface area contributed by atoms with Crippen LogP contribution in [0.5, 0.6) is 0 Å². The molecule has 0 unspecified atom stereocenters. The Bertz CT molecular complexity index is 976. The molecule has 2 amide bonds. The largest absolute Gasteiger partial charge is 0.454 e. The molecule has 29 heavy (non-hydrogen) atoms. The molecule has 2 N–H and O–H groups in total. The summed E-state index contributed by atoms with van der Waals surface area (Å²) in [5, 5.41) is 15.7. The van der Waals surface area contributed by atoms with E-state index in [9.17, 15) is 28.9 Å². The SMILES string of the molecule is Cc1cc(NC(=O)COC(=O)CNC(=O)c2cccc(F)c2)c([N+](=O)[O-])cc1C. The van der Waals surface area contributed by atoms with Crippen LogP contribution in [0.25, 0.3) is 0 Å². The monoisotopic (exact) mass is 403 g/mol. The fraction of sp³-hybridized carbons (Fsp3) is 0.211. The molecule has 0 aliphatic rings. The second kappa shape index (κ2) is 9.40. The maximum Gasteiger partial charge on any atom is 0.325 e. The number of aryl methyl sites for hydroxylation is 2. The minimum absolute atomic E-state index is 0.0152. The van der Waals surface area contributed by atoms with Crippen LogP contribution in [-0.2, 0) is 14.3 Å². The highest BCUT2D eigenvalue weighted by molar-refractivity contribution is 5.97. The Morgan fingerprint density at radius 2 is 1.83 bits per heavy atom. The summed E-state index contributed by atoms with van der Waals surface area (Å²) in [5.74, 6) is -2.96. The second-order valence-corrected chi connectivity index (χ2v) is 6.11. The number of ether oxygens (including phenoxy) is 1. The Kier molecular flexibility index (Phi) is 6.96. The van der Waals surface area contributed by atoms with Gasteiger partial charge in [-0.15, -0.1) is 0 Å². The van der Waals surface area contributed by atoms with Crippen molar-refractivity contribution in [2.45, 2.75) is 13.8 Å². The Labute approximate surface area is 165 Å². The molecule has 9 nitrogen and oxygen atoms in total. The third-order valence-electron chi connectivity index (χ3n) is 3.93. The Morgan fingerprint density at radius 1 is 1.14 bits per heavy atom. The number of hydrogen-bond acceptors (Lipinski definition) is 6. The Balaban J connectivity index is 1.86. The van der Waals surface area contributed by atoms with Gasteiger partial charge in [0.05, 0.1) is 4.92 Å². The van der Waals surface area contributed by atoms with E-state index in [4.69, 9.17) is 4.74 Å². The topological polar surface area (TPSA) is 128 Å². The molecule has 10 heteroatoms. The number of nitrogens with one attached hydrogen (secondary N) is 2. The van der Waals surface area contributed by atoms with Crippen LogP contribution in [0.4, 0.5) is 15.8 Å². The summed E-state index contributed by atoms with van der Waals surface area (Å²) in [6.45, 7) is 2.20. The van der Waals surface area contributed by atoms with E-state index in [0.717, 1.165) is 11.6 Å². The first kappa shape index (κ1) is 21.5. The van der Waals surface area contributed by atoms with E-state index in [2.05, 4.69) is 10.6 Å². The van der Waals surface area contributed by atoms with E-state index in [0.29, 0.717) is 5.56 Å². The van der Waals surface area contributed by atoms with Crippen molar-refractivity contribution in [1.29, 1.82) is 0 Å². The summed E-state index contributed by atoms with van der Waals surface area (Å²) in [6, 6.07) is 7.67. The number of nitro groups is 1. The highest BCUT2D eigenvalue weighted by Gasteiger charge is 2.18. The van der Waals surface area contributed by atoms with Crippen molar-refractivity contribution in [3.05, 3.63) is 69.0 Å². The fourth-order valence-corrected chi connectivity index (χ4v) is 2.32. The predicted octanol–water partition coefficient (Wildman–Crippen LogP) is 2.26. The normalized spacial score (nSPS) is 10.2. The molecule has 0 aliphatic carbocycles. The molecule has 0 saturated heterocycles. The molecule has 0 aliphatic heterocycles. The van der Waals surface area contributed by atoms with Crippen LogP contribution in [0.15, 0.2) is 36.4 Å². The van der Waals surface area contributed by atoms with Gasteiger partial charge in [0.1, 0.15) is 18.0 Å². The molecular weight excluding hydrogens is 385 g/mol. The van der Waals surface area contributed by atoms with E-state index in [-0.39, 0.29) is 16.9 Å². The summed E-state index contributed by atoms with van der Waals surface area (Å²) in [4.78, 5) is 45.9. The fourth-order valence-electron chi connectivity index (χ4n) is 2.32. The molecule has 0 fully saturated rings. The first-order valence-corrected chi connectivity index (χ1v) is 8.42. The van der Waals surface area contributed by atoms with Crippen LogP contribution >= 0.6 is 0 Å². The zero-order valence-corrected chi connectivity index (χ0v) is 15.7. The highest BCUT2D eigenvalue weighted by Crippen LogP contribution is 2.27. The van der Waals surface area contributed by atoms with Crippen molar-refractivity contribution in [1.82, 2.24) is 5.32 Å². The number of esters is 1. The van der Waals surface area contributed by atoms with E-state index >= 15 is 0 Å². The Morgan fingerprint density at radius 3 is 2.48 bits per heavy atom. The highest BCUT2D eigenvalue weighted by atomic mass is 19.1. The van der Waals surface area contributed by atoms with Crippen LogP contribution < -0.4 is 10.6 Å². The first-order chi connectivity index (χ1) is 13.7. The maximum atomic E-state index is 13.1. The van der Waals surface area contributed by atoms with Gasteiger partial charge in [-0.3, -0.25) is 24.5 Å². The number of carbonyl (C=O) groups excluding carboxylic acids is 3. The summed E-state index contributed by atoms with van der Waals surface area (Å²) >= 11 is 0. The van der Waals surface area contributed by atoms with Crippen molar-refractivity contribution in [2.75, 3.05) is 18.5 Å². The summed E-state index contributed by atoms with van der Waals surface area (Å²) in [6.07, 6.45) is 0. The van der Waals surface area contributed by atoms with Gasteiger partial charge in [0.25, 0.3) is 17.5 Å². The molecule has 2 rings (SSSR count). The summed E-state index contributed by atoms with van der Waals surface area (Å²) in [7, 11) is 0. The number of halogens is 1. The van der Waals surface area contributed by atoms with Crippen molar-refractivity contribution >= 4 is 29.2 Å². The molecule has 2 aromatic rings. The van der Waals surface area contributed by atoms with Crippen molar-refractivity contribution < 1.29 is 28.4 Å². The first-order valence-electron chi connectivity index (χ1n) is 8.42. The van der Waals surface area contributed by atoms with Crippen molar-refractivity contribution in [3.8, 4) is 0 Å². The molecule has 0 bridgehead atoms. The lowest BCUT2D eigenvalue weighted by molar-refractivity contribution is -0.384. The smallest absolute Gasteiger partial charge is 0.325 e. The molecule has 2 aromatic carbocycles. The van der Waals surface area contributed by atoms with Gasteiger partial charge in [-0.05, 0) is 49.2 Å². The van der Waals surface area contributed by atoms with Crippen molar-refractivity contribution in [2.24, 2.45) is 0 Å². The third-order valence-corrected chi connectivity index (χ3v) is 3.93. The van der Waals surface area contributed by atoms with Crippen LogP contribution in [0.3, 0.4) is 0 Å². The molecule has 0 aromatic heterocycles.